The fraction of sp³-hybridized carbons (Fsp3) is 0.579. The van der Waals surface area contributed by atoms with E-state index in [-0.39, 0.29) is 11.5 Å². The van der Waals surface area contributed by atoms with Crippen molar-refractivity contribution in [3.05, 3.63) is 34.9 Å². The number of phenols is 1. The van der Waals surface area contributed by atoms with Gasteiger partial charge in [-0.3, -0.25) is 0 Å². The van der Waals surface area contributed by atoms with Crippen LogP contribution in [0.1, 0.15) is 55.2 Å². The number of hydrogen-bond donors (Lipinski definition) is 2. The standard InChI is InChI=1S/C19H24O2/c1-11-9-13(20)10-12-3-4-14-15(18(11)12)7-8-19(2)16(14)5-6-17(19)21/h3-4,9-10,14-17,20-21H,5-8H2,1-2H3/t14-,15+,16-,17+,19+/m1/s1. The van der Waals surface area contributed by atoms with Crippen molar-refractivity contribution >= 4 is 6.08 Å². The summed E-state index contributed by atoms with van der Waals surface area (Å²) in [5.74, 6) is 2.08. The van der Waals surface area contributed by atoms with Crippen molar-refractivity contribution in [3.8, 4) is 5.75 Å². The molecule has 3 aliphatic rings. The topological polar surface area (TPSA) is 40.5 Å². The first-order chi connectivity index (χ1) is 10.0. The van der Waals surface area contributed by atoms with Gasteiger partial charge in [0.1, 0.15) is 5.75 Å². The summed E-state index contributed by atoms with van der Waals surface area (Å²) in [6.45, 7) is 4.41. The molecule has 0 radical (unpaired) electrons. The zero-order valence-corrected chi connectivity index (χ0v) is 12.8. The molecule has 0 unspecified atom stereocenters. The molecule has 0 spiro atoms. The van der Waals surface area contributed by atoms with Crippen LogP contribution in [-0.4, -0.2) is 16.3 Å². The molecule has 0 amide bonds. The minimum atomic E-state index is -0.126. The molecule has 0 saturated heterocycles. The van der Waals surface area contributed by atoms with Crippen LogP contribution in [0.2, 0.25) is 0 Å². The molecule has 2 fully saturated rings. The van der Waals surface area contributed by atoms with Gasteiger partial charge in [-0.15, -0.1) is 0 Å². The van der Waals surface area contributed by atoms with E-state index in [1.165, 1.54) is 16.7 Å². The molecule has 3 aliphatic carbocycles. The van der Waals surface area contributed by atoms with Crippen LogP contribution in [0.3, 0.4) is 0 Å². The van der Waals surface area contributed by atoms with E-state index >= 15 is 0 Å². The van der Waals surface area contributed by atoms with E-state index in [4.69, 9.17) is 0 Å². The molecule has 112 valence electrons. The van der Waals surface area contributed by atoms with Crippen LogP contribution < -0.4 is 0 Å². The number of hydrogen-bond acceptors (Lipinski definition) is 2. The Labute approximate surface area is 126 Å². The van der Waals surface area contributed by atoms with Gasteiger partial charge >= 0.3 is 0 Å². The van der Waals surface area contributed by atoms with Crippen molar-refractivity contribution in [2.75, 3.05) is 0 Å². The molecule has 2 N–H and O–H groups in total. The van der Waals surface area contributed by atoms with Gasteiger partial charge in [-0.2, -0.15) is 0 Å². The quantitative estimate of drug-likeness (QED) is 0.756. The summed E-state index contributed by atoms with van der Waals surface area (Å²) in [5.41, 5.74) is 3.94. The molecule has 1 aromatic carbocycles. The second kappa shape index (κ2) is 4.36. The number of phenolic OH excluding ortho intramolecular Hbond substituents is 1. The molecule has 21 heavy (non-hydrogen) atoms. The van der Waals surface area contributed by atoms with E-state index in [0.29, 0.717) is 23.5 Å². The van der Waals surface area contributed by atoms with Gasteiger partial charge in [0.05, 0.1) is 6.10 Å². The lowest BCUT2D eigenvalue weighted by Gasteiger charge is -2.48. The van der Waals surface area contributed by atoms with E-state index in [0.717, 1.165) is 25.7 Å². The zero-order chi connectivity index (χ0) is 14.8. The van der Waals surface area contributed by atoms with Crippen molar-refractivity contribution in [3.63, 3.8) is 0 Å². The Balaban J connectivity index is 1.79. The highest BCUT2D eigenvalue weighted by Gasteiger charge is 2.53. The summed E-state index contributed by atoms with van der Waals surface area (Å²) in [6.07, 6.45) is 8.80. The lowest BCUT2D eigenvalue weighted by atomic mass is 9.56. The van der Waals surface area contributed by atoms with Gasteiger partial charge in [-0.05, 0) is 84.6 Å². The molecule has 0 aromatic heterocycles. The Kier molecular flexibility index (Phi) is 2.78. The number of aliphatic hydroxyl groups is 1. The molecule has 0 aliphatic heterocycles. The Bertz CT molecular complexity index is 618. The normalized spacial score (nSPS) is 40.5. The van der Waals surface area contributed by atoms with Crippen LogP contribution >= 0.6 is 0 Å². The Hall–Kier alpha value is -1.28. The first-order valence-electron chi connectivity index (χ1n) is 8.20. The van der Waals surface area contributed by atoms with Gasteiger partial charge in [0.25, 0.3) is 0 Å². The number of benzene rings is 1. The molecule has 5 atom stereocenters. The van der Waals surface area contributed by atoms with Crippen LogP contribution in [0, 0.1) is 24.2 Å². The average Bonchev–Trinajstić information content (AvgIpc) is 2.74. The molecule has 2 saturated carbocycles. The number of rotatable bonds is 0. The van der Waals surface area contributed by atoms with Gasteiger partial charge in [-0.25, -0.2) is 0 Å². The number of aryl methyl sites for hydroxylation is 1. The average molecular weight is 284 g/mol. The van der Waals surface area contributed by atoms with Crippen molar-refractivity contribution in [2.45, 2.75) is 51.6 Å². The lowest BCUT2D eigenvalue weighted by molar-refractivity contribution is -0.00803. The number of aromatic hydroxyl groups is 1. The number of allylic oxidation sites excluding steroid dienone is 1. The van der Waals surface area contributed by atoms with Gasteiger partial charge < -0.3 is 10.2 Å². The van der Waals surface area contributed by atoms with E-state index in [1.807, 2.05) is 12.1 Å². The Morgan fingerprint density at radius 1 is 1.19 bits per heavy atom. The van der Waals surface area contributed by atoms with Gasteiger partial charge in [0.2, 0.25) is 0 Å². The first-order valence-corrected chi connectivity index (χ1v) is 8.20. The third-order valence-corrected chi connectivity index (χ3v) is 6.56. The minimum Gasteiger partial charge on any atom is -0.508 e. The van der Waals surface area contributed by atoms with Gasteiger partial charge in [0.15, 0.2) is 0 Å². The summed E-state index contributed by atoms with van der Waals surface area (Å²) in [5, 5.41) is 20.2. The molecule has 1 aromatic rings. The second-order valence-electron chi connectivity index (χ2n) is 7.55. The molecule has 2 heteroatoms. The van der Waals surface area contributed by atoms with Crippen LogP contribution in [0.15, 0.2) is 18.2 Å². The predicted octanol–water partition coefficient (Wildman–Crippen LogP) is 4.00. The van der Waals surface area contributed by atoms with Gasteiger partial charge in [-0.1, -0.05) is 19.1 Å². The van der Waals surface area contributed by atoms with Crippen molar-refractivity contribution in [1.82, 2.24) is 0 Å². The minimum absolute atomic E-state index is 0.105. The van der Waals surface area contributed by atoms with Gasteiger partial charge in [0, 0.05) is 0 Å². The SMILES string of the molecule is Cc1cc(O)cc2c1[C@H]1CC[C@@]3(C)[C@H](CC[C@@H]3O)[C@@H]1C=C2. The summed E-state index contributed by atoms with van der Waals surface area (Å²) in [4.78, 5) is 0. The maximum absolute atomic E-state index is 10.4. The lowest BCUT2D eigenvalue weighted by Crippen LogP contribution is -2.42. The second-order valence-corrected chi connectivity index (χ2v) is 7.55. The van der Waals surface area contributed by atoms with Crippen LogP contribution in [0.4, 0.5) is 0 Å². The zero-order valence-electron chi connectivity index (χ0n) is 12.8. The van der Waals surface area contributed by atoms with E-state index in [9.17, 15) is 10.2 Å². The van der Waals surface area contributed by atoms with Crippen molar-refractivity contribution in [2.24, 2.45) is 17.3 Å². The molecule has 4 rings (SSSR count). The smallest absolute Gasteiger partial charge is 0.116 e. The summed E-state index contributed by atoms with van der Waals surface area (Å²) in [7, 11) is 0. The summed E-state index contributed by atoms with van der Waals surface area (Å²) in [6, 6.07) is 3.79. The van der Waals surface area contributed by atoms with E-state index in [2.05, 4.69) is 26.0 Å². The maximum atomic E-state index is 10.4. The fourth-order valence-corrected chi connectivity index (χ4v) is 5.44. The monoisotopic (exact) mass is 284 g/mol. The molecular formula is C19H24O2. The first kappa shape index (κ1) is 13.4. The van der Waals surface area contributed by atoms with Crippen molar-refractivity contribution in [1.29, 1.82) is 0 Å². The van der Waals surface area contributed by atoms with Crippen LogP contribution in [0.5, 0.6) is 5.75 Å². The number of aliphatic hydroxyl groups excluding tert-OH is 1. The molecular weight excluding hydrogens is 260 g/mol. The third-order valence-electron chi connectivity index (χ3n) is 6.56. The molecule has 2 nitrogen and oxygen atoms in total. The third kappa shape index (κ3) is 1.75. The predicted molar refractivity (Wildman–Crippen MR) is 84.2 cm³/mol. The molecule has 0 bridgehead atoms. The Morgan fingerprint density at radius 3 is 2.81 bits per heavy atom. The highest BCUT2D eigenvalue weighted by Crippen LogP contribution is 2.60. The molecule has 0 heterocycles. The maximum Gasteiger partial charge on any atom is 0.116 e. The van der Waals surface area contributed by atoms with Crippen LogP contribution in [-0.2, 0) is 0 Å². The number of fused-ring (bicyclic) bond motifs is 5. The summed E-state index contributed by atoms with van der Waals surface area (Å²) >= 11 is 0. The fourth-order valence-electron chi connectivity index (χ4n) is 5.44. The highest BCUT2D eigenvalue weighted by molar-refractivity contribution is 5.63. The Morgan fingerprint density at radius 2 is 2.00 bits per heavy atom. The highest BCUT2D eigenvalue weighted by atomic mass is 16.3. The largest absolute Gasteiger partial charge is 0.508 e. The van der Waals surface area contributed by atoms with Crippen molar-refractivity contribution < 1.29 is 10.2 Å². The van der Waals surface area contributed by atoms with E-state index in [1.54, 1.807) is 0 Å². The van der Waals surface area contributed by atoms with Crippen LogP contribution in [0.25, 0.3) is 6.08 Å². The van der Waals surface area contributed by atoms with E-state index < -0.39 is 0 Å². The summed E-state index contributed by atoms with van der Waals surface area (Å²) < 4.78 is 0.